The Bertz CT molecular complexity index is 642. The molecule has 0 aromatic heterocycles. The predicted octanol–water partition coefficient (Wildman–Crippen LogP) is 3.67. The average molecular weight is 487 g/mol. The number of nitrogens with one attached hydrogen (secondary N) is 1. The topological polar surface area (TPSA) is 46.1 Å². The molecule has 1 unspecified atom stereocenters. The summed E-state index contributed by atoms with van der Waals surface area (Å²) in [6.07, 6.45) is 2.38. The summed E-state index contributed by atoms with van der Waals surface area (Å²) in [6, 6.07) is 8.31. The van der Waals surface area contributed by atoms with Crippen LogP contribution < -0.4 is 10.1 Å². The molecule has 2 aliphatic rings. The zero-order valence-electron chi connectivity index (χ0n) is 17.1. The maximum absolute atomic E-state index is 5.67. The van der Waals surface area contributed by atoms with Crippen molar-refractivity contribution in [3.8, 4) is 5.75 Å². The van der Waals surface area contributed by atoms with E-state index >= 15 is 0 Å². The van der Waals surface area contributed by atoms with E-state index in [1.807, 2.05) is 6.07 Å². The molecule has 27 heavy (non-hydrogen) atoms. The zero-order valence-corrected chi connectivity index (χ0v) is 19.4. The zero-order chi connectivity index (χ0) is 18.6. The Morgan fingerprint density at radius 2 is 2.19 bits per heavy atom. The maximum atomic E-state index is 5.67. The predicted molar refractivity (Wildman–Crippen MR) is 121 cm³/mol. The number of ether oxygens (including phenoxy) is 2. The first kappa shape index (κ1) is 22.3. The number of guanidine groups is 1. The van der Waals surface area contributed by atoms with Gasteiger partial charge in [0.2, 0.25) is 0 Å². The Kier molecular flexibility index (Phi) is 7.80. The van der Waals surface area contributed by atoms with Crippen molar-refractivity contribution in [1.29, 1.82) is 0 Å². The summed E-state index contributed by atoms with van der Waals surface area (Å²) >= 11 is 0. The molecule has 0 amide bonds. The Morgan fingerprint density at radius 3 is 2.85 bits per heavy atom. The van der Waals surface area contributed by atoms with Gasteiger partial charge >= 0.3 is 0 Å². The molecule has 1 atom stereocenters. The van der Waals surface area contributed by atoms with Crippen LogP contribution in [0.25, 0.3) is 0 Å². The number of benzene rings is 1. The average Bonchev–Trinajstić information content (AvgIpc) is 3.29. The highest BCUT2D eigenvalue weighted by Crippen LogP contribution is 2.38. The Morgan fingerprint density at radius 1 is 1.37 bits per heavy atom. The third-order valence-electron chi connectivity index (χ3n) is 5.73. The number of nitrogens with zero attached hydrogens (tertiary/aromatic N) is 2. The van der Waals surface area contributed by atoms with E-state index in [4.69, 9.17) is 14.5 Å². The lowest BCUT2D eigenvalue weighted by atomic mass is 9.84. The van der Waals surface area contributed by atoms with Crippen LogP contribution in [0.5, 0.6) is 5.75 Å². The molecule has 5 nitrogen and oxygen atoms in total. The second kappa shape index (κ2) is 9.45. The van der Waals surface area contributed by atoms with Crippen LogP contribution in [0.15, 0.2) is 29.3 Å². The molecular weight excluding hydrogens is 453 g/mol. The van der Waals surface area contributed by atoms with Crippen LogP contribution in [0, 0.1) is 5.41 Å². The first-order valence-corrected chi connectivity index (χ1v) is 9.74. The van der Waals surface area contributed by atoms with E-state index in [2.05, 4.69) is 49.2 Å². The van der Waals surface area contributed by atoms with Crippen LogP contribution in [0.4, 0.5) is 0 Å². The van der Waals surface area contributed by atoms with E-state index in [1.54, 1.807) is 7.11 Å². The SMILES string of the molecule is CCNC(=NCC(C)(C)c1cccc(OC)c1)N1CCC2(CCOC2)C1.I. The van der Waals surface area contributed by atoms with Crippen LogP contribution in [0.3, 0.4) is 0 Å². The van der Waals surface area contributed by atoms with Gasteiger partial charge in [0, 0.05) is 37.1 Å². The highest BCUT2D eigenvalue weighted by molar-refractivity contribution is 14.0. The van der Waals surface area contributed by atoms with E-state index in [9.17, 15) is 0 Å². The first-order chi connectivity index (χ1) is 12.5. The van der Waals surface area contributed by atoms with Crippen molar-refractivity contribution in [3.63, 3.8) is 0 Å². The standard InChI is InChI=1S/C21H33N3O2.HI/c1-5-22-19(24-11-9-21(15-24)10-12-26-16-21)23-14-20(2,3)17-7-6-8-18(13-17)25-4;/h6-8,13H,5,9-12,14-16H2,1-4H3,(H,22,23);1H. The van der Waals surface area contributed by atoms with Crippen LogP contribution in [-0.4, -0.2) is 57.4 Å². The minimum Gasteiger partial charge on any atom is -0.497 e. The lowest BCUT2D eigenvalue weighted by molar-refractivity contribution is 0.156. The molecule has 1 spiro atoms. The maximum Gasteiger partial charge on any atom is 0.193 e. The van der Waals surface area contributed by atoms with Crippen molar-refractivity contribution in [2.45, 2.75) is 39.0 Å². The third-order valence-corrected chi connectivity index (χ3v) is 5.73. The van der Waals surface area contributed by atoms with E-state index < -0.39 is 0 Å². The number of halogens is 1. The molecule has 0 radical (unpaired) electrons. The molecule has 2 heterocycles. The Balaban J connectivity index is 0.00000261. The van der Waals surface area contributed by atoms with Gasteiger partial charge in [-0.15, -0.1) is 24.0 Å². The van der Waals surface area contributed by atoms with Gasteiger partial charge < -0.3 is 19.7 Å². The van der Waals surface area contributed by atoms with Crippen molar-refractivity contribution >= 4 is 29.9 Å². The van der Waals surface area contributed by atoms with Gasteiger partial charge in [-0.05, 0) is 37.5 Å². The van der Waals surface area contributed by atoms with Crippen molar-refractivity contribution < 1.29 is 9.47 Å². The molecule has 2 aliphatic heterocycles. The van der Waals surface area contributed by atoms with Crippen molar-refractivity contribution in [1.82, 2.24) is 10.2 Å². The van der Waals surface area contributed by atoms with E-state index in [0.717, 1.165) is 51.1 Å². The van der Waals surface area contributed by atoms with Crippen LogP contribution >= 0.6 is 24.0 Å². The third kappa shape index (κ3) is 5.28. The highest BCUT2D eigenvalue weighted by atomic mass is 127. The fourth-order valence-electron chi connectivity index (χ4n) is 3.92. The molecule has 6 heteroatoms. The summed E-state index contributed by atoms with van der Waals surface area (Å²) in [4.78, 5) is 7.42. The largest absolute Gasteiger partial charge is 0.497 e. The van der Waals surface area contributed by atoms with Crippen molar-refractivity contribution in [3.05, 3.63) is 29.8 Å². The molecule has 0 saturated carbocycles. The second-order valence-corrected chi connectivity index (χ2v) is 8.26. The van der Waals surface area contributed by atoms with E-state index in [-0.39, 0.29) is 29.4 Å². The summed E-state index contributed by atoms with van der Waals surface area (Å²) in [5, 5.41) is 3.49. The van der Waals surface area contributed by atoms with Gasteiger partial charge in [0.25, 0.3) is 0 Å². The highest BCUT2D eigenvalue weighted by Gasteiger charge is 2.42. The lowest BCUT2D eigenvalue weighted by Gasteiger charge is -2.28. The molecule has 3 rings (SSSR count). The van der Waals surface area contributed by atoms with Crippen LogP contribution in [0.2, 0.25) is 0 Å². The van der Waals surface area contributed by atoms with Gasteiger partial charge in [-0.2, -0.15) is 0 Å². The molecule has 0 aliphatic carbocycles. The minimum atomic E-state index is -0.0525. The first-order valence-electron chi connectivity index (χ1n) is 9.74. The van der Waals surface area contributed by atoms with E-state index in [1.165, 1.54) is 18.4 Å². The van der Waals surface area contributed by atoms with Crippen molar-refractivity contribution in [2.24, 2.45) is 10.4 Å². The number of methoxy groups -OCH3 is 1. The van der Waals surface area contributed by atoms with E-state index in [0.29, 0.717) is 5.41 Å². The number of likely N-dealkylation sites (tertiary alicyclic amines) is 1. The van der Waals surface area contributed by atoms with Gasteiger partial charge in [0.15, 0.2) is 5.96 Å². The summed E-state index contributed by atoms with van der Waals surface area (Å²) < 4.78 is 11.0. The van der Waals surface area contributed by atoms with Crippen LogP contribution in [-0.2, 0) is 10.2 Å². The quantitative estimate of drug-likeness (QED) is 0.391. The normalized spacial score (nSPS) is 22.8. The Hall–Kier alpha value is -1.02. The molecule has 152 valence electrons. The summed E-state index contributed by atoms with van der Waals surface area (Å²) in [7, 11) is 1.71. The molecule has 1 aromatic carbocycles. The van der Waals surface area contributed by atoms with Gasteiger partial charge in [0.05, 0.1) is 20.3 Å². The second-order valence-electron chi connectivity index (χ2n) is 8.26. The number of rotatable bonds is 5. The fraction of sp³-hybridized carbons (Fsp3) is 0.667. The van der Waals surface area contributed by atoms with Gasteiger partial charge in [0.1, 0.15) is 5.75 Å². The van der Waals surface area contributed by atoms with Gasteiger partial charge in [-0.25, -0.2) is 0 Å². The molecular formula is C21H34IN3O2. The summed E-state index contributed by atoms with van der Waals surface area (Å²) in [5.41, 5.74) is 1.54. The minimum absolute atomic E-state index is 0. The smallest absolute Gasteiger partial charge is 0.193 e. The molecule has 0 bridgehead atoms. The molecule has 1 N–H and O–H groups in total. The lowest BCUT2D eigenvalue weighted by Crippen LogP contribution is -2.42. The van der Waals surface area contributed by atoms with Gasteiger partial charge in [-0.1, -0.05) is 26.0 Å². The number of hydrogen-bond donors (Lipinski definition) is 1. The number of hydrogen-bond acceptors (Lipinski definition) is 3. The fourth-order valence-corrected chi connectivity index (χ4v) is 3.92. The number of aliphatic imine (C=N–C) groups is 1. The van der Waals surface area contributed by atoms with Crippen molar-refractivity contribution in [2.75, 3.05) is 46.5 Å². The molecule has 1 aromatic rings. The molecule has 2 fully saturated rings. The summed E-state index contributed by atoms with van der Waals surface area (Å²) in [6.45, 7) is 12.2. The van der Waals surface area contributed by atoms with Crippen LogP contribution in [0.1, 0.15) is 39.2 Å². The van der Waals surface area contributed by atoms with Gasteiger partial charge in [-0.3, -0.25) is 4.99 Å². The summed E-state index contributed by atoms with van der Waals surface area (Å²) in [5.74, 6) is 1.93. The monoisotopic (exact) mass is 487 g/mol. The Labute approximate surface area is 180 Å². The molecule has 2 saturated heterocycles.